The van der Waals surface area contributed by atoms with E-state index in [-0.39, 0.29) is 0 Å². The van der Waals surface area contributed by atoms with Crippen LogP contribution in [0.2, 0.25) is 0 Å². The van der Waals surface area contributed by atoms with Crippen LogP contribution in [-0.2, 0) is 0 Å². The molecule has 0 fully saturated rings. The van der Waals surface area contributed by atoms with E-state index in [0.717, 1.165) is 19.9 Å². The van der Waals surface area contributed by atoms with E-state index >= 15 is 0 Å². The SMILES string of the molecule is Cc1cc(N)sc1-c1nc(-c2ncccc2Br)no1. The Hall–Kier alpha value is -1.73. The van der Waals surface area contributed by atoms with Crippen LogP contribution in [0.15, 0.2) is 33.4 Å². The number of anilines is 1. The van der Waals surface area contributed by atoms with Crippen LogP contribution in [0.5, 0.6) is 0 Å². The third-order valence-electron chi connectivity index (χ3n) is 2.53. The van der Waals surface area contributed by atoms with E-state index in [9.17, 15) is 0 Å². The lowest BCUT2D eigenvalue weighted by atomic mass is 10.3. The van der Waals surface area contributed by atoms with E-state index in [1.54, 1.807) is 6.20 Å². The fourth-order valence-corrected chi connectivity index (χ4v) is 2.98. The van der Waals surface area contributed by atoms with E-state index < -0.39 is 0 Å². The molecule has 3 aromatic rings. The highest BCUT2D eigenvalue weighted by Gasteiger charge is 2.17. The second-order valence-electron chi connectivity index (χ2n) is 3.92. The second-order valence-corrected chi connectivity index (χ2v) is 5.86. The summed E-state index contributed by atoms with van der Waals surface area (Å²) in [6.07, 6.45) is 1.69. The maximum absolute atomic E-state index is 5.77. The van der Waals surface area contributed by atoms with Gasteiger partial charge in [-0.1, -0.05) is 5.16 Å². The maximum Gasteiger partial charge on any atom is 0.268 e. The molecule has 0 aliphatic rings. The van der Waals surface area contributed by atoms with Gasteiger partial charge in [0.05, 0.1) is 9.88 Å². The van der Waals surface area contributed by atoms with E-state index in [1.165, 1.54) is 11.3 Å². The van der Waals surface area contributed by atoms with Crippen LogP contribution in [-0.4, -0.2) is 15.1 Å². The van der Waals surface area contributed by atoms with Crippen molar-refractivity contribution in [2.45, 2.75) is 6.92 Å². The normalized spacial score (nSPS) is 10.8. The molecule has 3 heterocycles. The third-order valence-corrected chi connectivity index (χ3v) is 4.22. The number of pyridine rings is 1. The molecule has 0 aliphatic heterocycles. The molecule has 0 amide bonds. The average molecular weight is 337 g/mol. The Balaban J connectivity index is 2.05. The quantitative estimate of drug-likeness (QED) is 0.774. The predicted octanol–water partition coefficient (Wildman–Crippen LogP) is 3.51. The van der Waals surface area contributed by atoms with Gasteiger partial charge in [-0.25, -0.2) is 0 Å². The first-order valence-electron chi connectivity index (χ1n) is 5.46. The van der Waals surface area contributed by atoms with Crippen LogP contribution >= 0.6 is 27.3 Å². The van der Waals surface area contributed by atoms with Gasteiger partial charge in [0, 0.05) is 10.7 Å². The fraction of sp³-hybridized carbons (Fsp3) is 0.0833. The molecule has 0 atom stereocenters. The minimum absolute atomic E-state index is 0.453. The highest BCUT2D eigenvalue weighted by atomic mass is 79.9. The molecule has 0 aliphatic carbocycles. The summed E-state index contributed by atoms with van der Waals surface area (Å²) in [6, 6.07) is 5.60. The van der Waals surface area contributed by atoms with E-state index in [2.05, 4.69) is 31.1 Å². The van der Waals surface area contributed by atoms with Crippen molar-refractivity contribution >= 4 is 32.3 Å². The van der Waals surface area contributed by atoms with Crippen molar-refractivity contribution in [2.75, 3.05) is 5.73 Å². The first kappa shape index (κ1) is 12.3. The molecule has 7 heteroatoms. The van der Waals surface area contributed by atoms with Crippen LogP contribution in [0.4, 0.5) is 5.00 Å². The molecule has 3 rings (SSSR count). The van der Waals surface area contributed by atoms with Crippen LogP contribution in [0.3, 0.4) is 0 Å². The van der Waals surface area contributed by atoms with Crippen molar-refractivity contribution in [1.82, 2.24) is 15.1 Å². The molecule has 0 spiro atoms. The Morgan fingerprint density at radius 3 is 2.95 bits per heavy atom. The number of aromatic nitrogens is 3. The standard InChI is InChI=1S/C12H9BrN4OS/c1-6-5-8(14)19-10(6)12-16-11(17-18-12)9-7(13)3-2-4-15-9/h2-5H,14H2,1H3. The Bertz CT molecular complexity index is 737. The van der Waals surface area contributed by atoms with Crippen LogP contribution in [0, 0.1) is 6.92 Å². The van der Waals surface area contributed by atoms with Gasteiger partial charge in [0.15, 0.2) is 0 Å². The van der Waals surface area contributed by atoms with Crippen LogP contribution in [0.25, 0.3) is 22.3 Å². The molecule has 96 valence electrons. The molecule has 0 saturated carbocycles. The first-order valence-corrected chi connectivity index (χ1v) is 7.07. The molecule has 0 saturated heterocycles. The summed E-state index contributed by atoms with van der Waals surface area (Å²) in [5.74, 6) is 0.917. The Labute approximate surface area is 121 Å². The molecular formula is C12H9BrN4OS. The van der Waals surface area contributed by atoms with Gasteiger partial charge in [0.1, 0.15) is 5.69 Å². The zero-order valence-corrected chi connectivity index (χ0v) is 12.3. The van der Waals surface area contributed by atoms with Crippen molar-refractivity contribution in [3.05, 3.63) is 34.4 Å². The Morgan fingerprint density at radius 2 is 2.26 bits per heavy atom. The number of hydrogen-bond acceptors (Lipinski definition) is 6. The molecule has 2 N–H and O–H groups in total. The van der Waals surface area contributed by atoms with Crippen molar-refractivity contribution in [2.24, 2.45) is 0 Å². The average Bonchev–Trinajstić information content (AvgIpc) is 2.96. The van der Waals surface area contributed by atoms with E-state index in [0.29, 0.717) is 17.4 Å². The van der Waals surface area contributed by atoms with Crippen molar-refractivity contribution in [3.8, 4) is 22.3 Å². The highest BCUT2D eigenvalue weighted by molar-refractivity contribution is 9.10. The molecular weight excluding hydrogens is 328 g/mol. The number of thiophene rings is 1. The third kappa shape index (κ3) is 2.26. The zero-order valence-electron chi connectivity index (χ0n) is 9.92. The number of hydrogen-bond donors (Lipinski definition) is 1. The van der Waals surface area contributed by atoms with Gasteiger partial charge in [0.2, 0.25) is 5.82 Å². The van der Waals surface area contributed by atoms with Gasteiger partial charge in [-0.3, -0.25) is 4.98 Å². The molecule has 5 nitrogen and oxygen atoms in total. The van der Waals surface area contributed by atoms with Crippen molar-refractivity contribution < 1.29 is 4.52 Å². The summed E-state index contributed by atoms with van der Waals surface area (Å²) < 4.78 is 6.11. The molecule has 0 unspecified atom stereocenters. The number of aryl methyl sites for hydroxylation is 1. The summed E-state index contributed by atoms with van der Waals surface area (Å²) >= 11 is 4.85. The Kier molecular flexibility index (Phi) is 3.08. The van der Waals surface area contributed by atoms with Gasteiger partial charge >= 0.3 is 0 Å². The minimum Gasteiger partial charge on any atom is -0.391 e. The zero-order chi connectivity index (χ0) is 13.4. The topological polar surface area (TPSA) is 77.8 Å². The van der Waals surface area contributed by atoms with Crippen LogP contribution < -0.4 is 5.73 Å². The lowest BCUT2D eigenvalue weighted by Crippen LogP contribution is -1.86. The molecule has 3 aromatic heterocycles. The second kappa shape index (κ2) is 4.75. The summed E-state index contributed by atoms with van der Waals surface area (Å²) in [5.41, 5.74) is 7.45. The molecule has 19 heavy (non-hydrogen) atoms. The number of rotatable bonds is 2. The van der Waals surface area contributed by atoms with Crippen molar-refractivity contribution in [3.63, 3.8) is 0 Å². The van der Waals surface area contributed by atoms with E-state index in [4.69, 9.17) is 10.3 Å². The number of nitrogens with zero attached hydrogens (tertiary/aromatic N) is 3. The summed E-state index contributed by atoms with van der Waals surface area (Å²) in [5, 5.41) is 4.69. The smallest absolute Gasteiger partial charge is 0.268 e. The summed E-state index contributed by atoms with van der Waals surface area (Å²) in [6.45, 7) is 1.96. The number of halogens is 1. The summed E-state index contributed by atoms with van der Waals surface area (Å²) in [4.78, 5) is 9.49. The predicted molar refractivity (Wildman–Crippen MR) is 77.7 cm³/mol. The number of nitrogens with two attached hydrogens (primary N) is 1. The number of nitrogen functional groups attached to an aromatic ring is 1. The van der Waals surface area contributed by atoms with E-state index in [1.807, 2.05) is 25.1 Å². The van der Waals surface area contributed by atoms with Crippen LogP contribution in [0.1, 0.15) is 5.56 Å². The lowest BCUT2D eigenvalue weighted by molar-refractivity contribution is 0.433. The molecule has 0 bridgehead atoms. The maximum atomic E-state index is 5.77. The van der Waals surface area contributed by atoms with Gasteiger partial charge in [-0.05, 0) is 46.6 Å². The van der Waals surface area contributed by atoms with Gasteiger partial charge in [-0.2, -0.15) is 4.98 Å². The highest BCUT2D eigenvalue weighted by Crippen LogP contribution is 2.34. The lowest BCUT2D eigenvalue weighted by Gasteiger charge is -1.95. The Morgan fingerprint density at radius 1 is 1.42 bits per heavy atom. The largest absolute Gasteiger partial charge is 0.391 e. The first-order chi connectivity index (χ1) is 9.15. The van der Waals surface area contributed by atoms with Gasteiger partial charge < -0.3 is 10.3 Å². The fourth-order valence-electron chi connectivity index (χ4n) is 1.68. The summed E-state index contributed by atoms with van der Waals surface area (Å²) in [7, 11) is 0. The molecule has 0 aromatic carbocycles. The van der Waals surface area contributed by atoms with Gasteiger partial charge in [-0.15, -0.1) is 11.3 Å². The molecule has 0 radical (unpaired) electrons. The van der Waals surface area contributed by atoms with Gasteiger partial charge in [0.25, 0.3) is 5.89 Å². The minimum atomic E-state index is 0.453. The van der Waals surface area contributed by atoms with Crippen molar-refractivity contribution in [1.29, 1.82) is 0 Å². The monoisotopic (exact) mass is 336 g/mol.